The second-order valence-electron chi connectivity index (χ2n) is 7.81. The van der Waals surface area contributed by atoms with Crippen molar-refractivity contribution in [2.24, 2.45) is 0 Å². The molecule has 1 unspecified atom stereocenters. The standard InChI is InChI=1S/C16H26N5O5/c1-15(2,3)26-21(23)12-9-20-10-16(4,25-13(20)18-12)11-24-14(22)19-7-5-17-6-8-19/h9,17H,5-8,10-11H2,1-4H3/q+1. The molecule has 1 N–H and O–H groups in total. The van der Waals surface area contributed by atoms with E-state index in [9.17, 15) is 9.70 Å². The predicted octanol–water partition coefficient (Wildman–Crippen LogP) is 1.22. The number of ether oxygens (including phenoxy) is 2. The number of nitrogens with zero attached hydrogens (tertiary/aromatic N) is 4. The van der Waals surface area contributed by atoms with E-state index in [2.05, 4.69) is 10.3 Å². The van der Waals surface area contributed by atoms with Crippen molar-refractivity contribution in [1.29, 1.82) is 0 Å². The van der Waals surface area contributed by atoms with Gasteiger partial charge >= 0.3 is 17.9 Å². The van der Waals surface area contributed by atoms with Crippen LogP contribution in [0, 0.1) is 4.91 Å². The third kappa shape index (κ3) is 4.24. The van der Waals surface area contributed by atoms with Crippen LogP contribution in [0.5, 0.6) is 6.01 Å². The van der Waals surface area contributed by atoms with Crippen molar-refractivity contribution in [3.05, 3.63) is 11.1 Å². The molecule has 10 nitrogen and oxygen atoms in total. The maximum absolute atomic E-state index is 12.1. The van der Waals surface area contributed by atoms with Gasteiger partial charge in [0.2, 0.25) is 0 Å². The number of carbonyl (C=O) groups is 1. The Bertz CT molecular complexity index is 666. The van der Waals surface area contributed by atoms with Crippen LogP contribution in [0.3, 0.4) is 0 Å². The second kappa shape index (κ2) is 6.75. The van der Waals surface area contributed by atoms with Gasteiger partial charge in [0.05, 0.1) is 6.54 Å². The van der Waals surface area contributed by atoms with Crippen molar-refractivity contribution in [1.82, 2.24) is 19.8 Å². The molecule has 0 bridgehead atoms. The molecule has 0 aromatic carbocycles. The Balaban J connectivity index is 1.55. The highest BCUT2D eigenvalue weighted by Crippen LogP contribution is 2.31. The molecule has 2 aliphatic rings. The third-order valence-electron chi connectivity index (χ3n) is 3.99. The Kier molecular flexibility index (Phi) is 4.78. The first-order chi connectivity index (χ1) is 12.2. The number of fused-ring (bicyclic) bond motifs is 1. The lowest BCUT2D eigenvalue weighted by atomic mass is 10.1. The zero-order valence-electron chi connectivity index (χ0n) is 15.7. The summed E-state index contributed by atoms with van der Waals surface area (Å²) in [4.78, 5) is 35.6. The molecule has 26 heavy (non-hydrogen) atoms. The molecule has 3 heterocycles. The van der Waals surface area contributed by atoms with Crippen LogP contribution in [-0.2, 0) is 16.1 Å². The summed E-state index contributed by atoms with van der Waals surface area (Å²) in [5, 5.41) is 3.19. The van der Waals surface area contributed by atoms with Crippen LogP contribution < -0.4 is 10.1 Å². The summed E-state index contributed by atoms with van der Waals surface area (Å²) < 4.78 is 12.9. The van der Waals surface area contributed by atoms with Crippen LogP contribution in [0.4, 0.5) is 10.6 Å². The lowest BCUT2D eigenvalue weighted by molar-refractivity contribution is -0.768. The molecule has 1 saturated heterocycles. The summed E-state index contributed by atoms with van der Waals surface area (Å²) in [6.45, 7) is 10.5. The number of aromatic nitrogens is 2. The van der Waals surface area contributed by atoms with Crippen molar-refractivity contribution >= 4 is 11.9 Å². The molecule has 1 fully saturated rings. The van der Waals surface area contributed by atoms with E-state index in [0.29, 0.717) is 30.6 Å². The van der Waals surface area contributed by atoms with Gasteiger partial charge in [0, 0.05) is 31.2 Å². The molecule has 0 saturated carbocycles. The lowest BCUT2D eigenvalue weighted by Gasteiger charge is -2.28. The van der Waals surface area contributed by atoms with Gasteiger partial charge in [-0.25, -0.2) is 4.79 Å². The van der Waals surface area contributed by atoms with Gasteiger partial charge in [0.25, 0.3) is 0 Å². The SMILES string of the molecule is CC(C)(C)O[N+](=O)c1cn2c(n1)OC(C)(COC(=O)N1CCNCC1)C2. The van der Waals surface area contributed by atoms with Gasteiger partial charge in [-0.15, -0.1) is 0 Å². The Morgan fingerprint density at radius 1 is 1.42 bits per heavy atom. The number of imidazole rings is 1. The van der Waals surface area contributed by atoms with E-state index in [4.69, 9.17) is 14.3 Å². The van der Waals surface area contributed by atoms with Crippen LogP contribution in [-0.4, -0.2) is 69.5 Å². The molecule has 10 heteroatoms. The topological polar surface area (TPSA) is 97.9 Å². The van der Waals surface area contributed by atoms with E-state index in [0.717, 1.165) is 13.1 Å². The summed E-state index contributed by atoms with van der Waals surface area (Å²) in [5.74, 6) is 0.120. The van der Waals surface area contributed by atoms with Gasteiger partial charge in [0.1, 0.15) is 12.8 Å². The van der Waals surface area contributed by atoms with Crippen molar-refractivity contribution in [2.45, 2.75) is 45.4 Å². The van der Waals surface area contributed by atoms with Crippen LogP contribution in [0.2, 0.25) is 0 Å². The maximum atomic E-state index is 12.1. The van der Waals surface area contributed by atoms with Gasteiger partial charge in [-0.2, -0.15) is 0 Å². The Morgan fingerprint density at radius 2 is 2.12 bits per heavy atom. The fourth-order valence-electron chi connectivity index (χ4n) is 2.81. The van der Waals surface area contributed by atoms with E-state index >= 15 is 0 Å². The molecule has 0 spiro atoms. The van der Waals surface area contributed by atoms with E-state index < -0.39 is 11.2 Å². The van der Waals surface area contributed by atoms with Crippen LogP contribution in [0.15, 0.2) is 6.20 Å². The zero-order valence-corrected chi connectivity index (χ0v) is 15.7. The van der Waals surface area contributed by atoms with Crippen LogP contribution in [0.1, 0.15) is 27.7 Å². The van der Waals surface area contributed by atoms with Crippen molar-refractivity contribution in [2.75, 3.05) is 32.8 Å². The van der Waals surface area contributed by atoms with Crippen molar-refractivity contribution < 1.29 is 24.0 Å². The first kappa shape index (κ1) is 18.4. The number of rotatable bonds is 4. The minimum Gasteiger partial charge on any atom is -0.445 e. The summed E-state index contributed by atoms with van der Waals surface area (Å²) >= 11 is 0. The van der Waals surface area contributed by atoms with E-state index in [1.165, 1.54) is 0 Å². The Hall–Kier alpha value is -2.36. The molecule has 1 aromatic rings. The minimum absolute atomic E-state index is 0.105. The molecule has 2 aliphatic heterocycles. The monoisotopic (exact) mass is 368 g/mol. The molecule has 0 aliphatic carbocycles. The van der Waals surface area contributed by atoms with Gasteiger partial charge in [-0.3, -0.25) is 9.40 Å². The van der Waals surface area contributed by atoms with E-state index in [-0.39, 0.29) is 18.5 Å². The summed E-state index contributed by atoms with van der Waals surface area (Å²) in [6.07, 6.45) is 1.23. The average molecular weight is 368 g/mol. The highest BCUT2D eigenvalue weighted by atomic mass is 16.8. The molecule has 1 amide bonds. The third-order valence-corrected chi connectivity index (χ3v) is 3.99. The number of hydrogen-bond donors (Lipinski definition) is 1. The van der Waals surface area contributed by atoms with Gasteiger partial charge in [0.15, 0.2) is 16.1 Å². The predicted molar refractivity (Wildman–Crippen MR) is 91.2 cm³/mol. The Morgan fingerprint density at radius 3 is 2.73 bits per heavy atom. The van der Waals surface area contributed by atoms with Crippen molar-refractivity contribution in [3.63, 3.8) is 0 Å². The van der Waals surface area contributed by atoms with Gasteiger partial charge in [-0.1, -0.05) is 0 Å². The average Bonchev–Trinajstić information content (AvgIpc) is 3.07. The van der Waals surface area contributed by atoms with Crippen LogP contribution >= 0.6 is 0 Å². The normalized spacial score (nSPS) is 22.5. The summed E-state index contributed by atoms with van der Waals surface area (Å²) in [5.41, 5.74) is -1.34. The van der Waals surface area contributed by atoms with Crippen LogP contribution in [0.25, 0.3) is 0 Å². The number of amides is 1. The molecule has 1 atom stereocenters. The number of nitrogens with one attached hydrogen (secondary N) is 1. The molecular weight excluding hydrogens is 342 g/mol. The second-order valence-corrected chi connectivity index (χ2v) is 7.81. The fourth-order valence-corrected chi connectivity index (χ4v) is 2.81. The maximum Gasteiger partial charge on any atom is 0.430 e. The molecule has 3 rings (SSSR count). The minimum atomic E-state index is -0.719. The van der Waals surface area contributed by atoms with Gasteiger partial charge < -0.3 is 19.7 Å². The highest BCUT2D eigenvalue weighted by Gasteiger charge is 2.43. The number of piperazine rings is 1. The lowest BCUT2D eigenvalue weighted by Crippen LogP contribution is -2.48. The quantitative estimate of drug-likeness (QED) is 0.798. The number of carbonyl (C=O) groups excluding carboxylic acids is 1. The fraction of sp³-hybridized carbons (Fsp3) is 0.750. The highest BCUT2D eigenvalue weighted by molar-refractivity contribution is 5.67. The summed E-state index contributed by atoms with van der Waals surface area (Å²) in [6, 6.07) is 0.305. The van der Waals surface area contributed by atoms with E-state index in [1.54, 1.807) is 36.4 Å². The van der Waals surface area contributed by atoms with Crippen molar-refractivity contribution in [3.8, 4) is 6.01 Å². The largest absolute Gasteiger partial charge is 0.445 e. The first-order valence-corrected chi connectivity index (χ1v) is 8.70. The Labute approximate surface area is 151 Å². The smallest absolute Gasteiger partial charge is 0.430 e. The van der Waals surface area contributed by atoms with E-state index in [1.807, 2.05) is 6.92 Å². The first-order valence-electron chi connectivity index (χ1n) is 8.70. The summed E-state index contributed by atoms with van der Waals surface area (Å²) in [7, 11) is 0. The molecule has 0 radical (unpaired) electrons. The molecule has 1 aromatic heterocycles. The molecular formula is C16H26N5O5+. The van der Waals surface area contributed by atoms with Gasteiger partial charge in [-0.05, 0) is 32.6 Å². The molecule has 144 valence electrons. The number of hydrogen-bond acceptors (Lipinski definition) is 7. The zero-order chi connectivity index (χ0) is 18.9.